The van der Waals surface area contributed by atoms with Gasteiger partial charge < -0.3 is 15.5 Å². The van der Waals surface area contributed by atoms with Crippen molar-refractivity contribution in [3.05, 3.63) is 52.3 Å². The highest BCUT2D eigenvalue weighted by molar-refractivity contribution is 6.31. The smallest absolute Gasteiger partial charge is 0.272 e. The van der Waals surface area contributed by atoms with Crippen LogP contribution in [0.2, 0.25) is 5.02 Å². The Morgan fingerprint density at radius 1 is 1.18 bits per heavy atom. The predicted molar refractivity (Wildman–Crippen MR) is 125 cm³/mol. The molecular formula is C24H30ClN5O3. The molecule has 0 saturated heterocycles. The highest BCUT2D eigenvalue weighted by atomic mass is 35.5. The summed E-state index contributed by atoms with van der Waals surface area (Å²) >= 11 is 6.15. The second kappa shape index (κ2) is 9.55. The summed E-state index contributed by atoms with van der Waals surface area (Å²) in [7, 11) is 1.63. The first-order valence-corrected chi connectivity index (χ1v) is 11.9. The zero-order chi connectivity index (χ0) is 23.6. The number of likely N-dealkylation sites (N-methyl/N-ethyl adjacent to an activating group) is 1. The molecule has 0 spiro atoms. The molecule has 1 aliphatic heterocycles. The van der Waals surface area contributed by atoms with Crippen molar-refractivity contribution < 1.29 is 14.4 Å². The summed E-state index contributed by atoms with van der Waals surface area (Å²) < 4.78 is 1.47. The number of carbonyl (C=O) groups excluding carboxylic acids is 3. The molecule has 8 nitrogen and oxygen atoms in total. The van der Waals surface area contributed by atoms with E-state index in [1.807, 2.05) is 18.2 Å². The number of nitrogens with zero attached hydrogens (tertiary/aromatic N) is 3. The van der Waals surface area contributed by atoms with Crippen LogP contribution in [-0.2, 0) is 17.9 Å². The van der Waals surface area contributed by atoms with Crippen molar-refractivity contribution in [2.75, 3.05) is 7.05 Å². The average molecular weight is 472 g/mol. The number of aromatic nitrogens is 2. The molecule has 1 aromatic heterocycles. The van der Waals surface area contributed by atoms with E-state index in [2.05, 4.69) is 15.7 Å². The number of amides is 3. The predicted octanol–water partition coefficient (Wildman–Crippen LogP) is 3.15. The van der Waals surface area contributed by atoms with Crippen LogP contribution in [0.1, 0.15) is 72.0 Å². The van der Waals surface area contributed by atoms with Crippen LogP contribution in [0.3, 0.4) is 0 Å². The van der Waals surface area contributed by atoms with Crippen molar-refractivity contribution in [2.24, 2.45) is 0 Å². The first kappa shape index (κ1) is 23.3. The van der Waals surface area contributed by atoms with Gasteiger partial charge in [-0.2, -0.15) is 5.10 Å². The molecule has 176 valence electrons. The Hall–Kier alpha value is -2.87. The van der Waals surface area contributed by atoms with E-state index in [9.17, 15) is 14.4 Å². The van der Waals surface area contributed by atoms with Gasteiger partial charge in [0.1, 0.15) is 11.2 Å². The number of rotatable bonds is 5. The minimum atomic E-state index is -1.09. The third kappa shape index (κ3) is 4.76. The Balaban J connectivity index is 1.48. The molecule has 0 radical (unpaired) electrons. The zero-order valence-corrected chi connectivity index (χ0v) is 19.8. The van der Waals surface area contributed by atoms with Gasteiger partial charge in [0.15, 0.2) is 5.69 Å². The normalized spacial score (nSPS) is 21.3. The molecule has 3 amide bonds. The fraction of sp³-hybridized carbons (Fsp3) is 0.500. The van der Waals surface area contributed by atoms with Crippen molar-refractivity contribution in [3.63, 3.8) is 0 Å². The van der Waals surface area contributed by atoms with E-state index in [1.54, 1.807) is 20.0 Å². The van der Waals surface area contributed by atoms with Gasteiger partial charge in [-0.15, -0.1) is 0 Å². The van der Waals surface area contributed by atoms with Gasteiger partial charge in [-0.05, 0) is 31.4 Å². The van der Waals surface area contributed by atoms with Crippen LogP contribution in [0.4, 0.5) is 0 Å². The van der Waals surface area contributed by atoms with Crippen molar-refractivity contribution in [1.29, 1.82) is 0 Å². The minimum absolute atomic E-state index is 0.130. The molecular weight excluding hydrogens is 442 g/mol. The minimum Gasteiger partial charge on any atom is -0.351 e. The summed E-state index contributed by atoms with van der Waals surface area (Å²) in [6, 6.07) is 8.86. The van der Waals surface area contributed by atoms with Crippen LogP contribution in [0.25, 0.3) is 0 Å². The molecule has 0 bridgehead atoms. The lowest BCUT2D eigenvalue weighted by atomic mass is 9.95. The van der Waals surface area contributed by atoms with Crippen molar-refractivity contribution in [2.45, 2.75) is 70.1 Å². The summed E-state index contributed by atoms with van der Waals surface area (Å²) in [6.45, 7) is 2.18. The van der Waals surface area contributed by atoms with Crippen molar-refractivity contribution in [3.8, 4) is 0 Å². The maximum Gasteiger partial charge on any atom is 0.272 e. The lowest BCUT2D eigenvalue weighted by molar-refractivity contribution is -0.133. The fourth-order valence-electron chi connectivity index (χ4n) is 4.51. The maximum absolute atomic E-state index is 13.3. The third-order valence-corrected chi connectivity index (χ3v) is 7.18. The topological polar surface area (TPSA) is 96.3 Å². The van der Waals surface area contributed by atoms with E-state index in [0.29, 0.717) is 10.7 Å². The Bertz CT molecular complexity index is 1060. The Morgan fingerprint density at radius 2 is 1.88 bits per heavy atom. The lowest BCUT2D eigenvalue weighted by Gasteiger charge is -2.41. The second-order valence-corrected chi connectivity index (χ2v) is 9.55. The average Bonchev–Trinajstić information content (AvgIpc) is 3.05. The first-order valence-electron chi connectivity index (χ1n) is 11.5. The van der Waals surface area contributed by atoms with Gasteiger partial charge >= 0.3 is 0 Å². The van der Waals surface area contributed by atoms with Crippen molar-refractivity contribution >= 4 is 29.3 Å². The quantitative estimate of drug-likeness (QED) is 0.655. The van der Waals surface area contributed by atoms with Gasteiger partial charge in [-0.1, -0.05) is 55.5 Å². The van der Waals surface area contributed by atoms with E-state index >= 15 is 0 Å². The number of carbonyl (C=O) groups is 3. The van der Waals surface area contributed by atoms with Gasteiger partial charge in [0, 0.05) is 30.7 Å². The molecule has 1 aliphatic carbocycles. The Kier molecular flexibility index (Phi) is 6.74. The van der Waals surface area contributed by atoms with Gasteiger partial charge in [0.25, 0.3) is 11.8 Å². The standard InChI is InChI=1S/C24H30ClN5O3/c1-24(23(33)27-17-10-5-3-4-6-11-17)15-30-20(22(32)29(24)2)13-19(28-30)21(31)26-14-16-9-7-8-12-18(16)25/h7-9,12-13,17H,3-6,10-11,14-15H2,1-2H3,(H,26,31)(H,27,33)/t24-/m0/s1. The molecule has 2 aromatic rings. The highest BCUT2D eigenvalue weighted by Crippen LogP contribution is 2.27. The number of fused-ring (bicyclic) bond motifs is 1. The second-order valence-electron chi connectivity index (χ2n) is 9.15. The Morgan fingerprint density at radius 3 is 2.58 bits per heavy atom. The molecule has 1 fully saturated rings. The number of hydrogen-bond acceptors (Lipinski definition) is 4. The van der Waals surface area contributed by atoms with Crippen LogP contribution >= 0.6 is 11.6 Å². The van der Waals surface area contributed by atoms with Gasteiger partial charge in [-0.25, -0.2) is 0 Å². The SMILES string of the molecule is CN1C(=O)c2cc(C(=O)NCc3ccccc3Cl)nn2C[C@@]1(C)C(=O)NC1CCCCCC1. The van der Waals surface area contributed by atoms with Crippen LogP contribution in [-0.4, -0.2) is 51.0 Å². The van der Waals surface area contributed by atoms with E-state index < -0.39 is 11.4 Å². The molecule has 1 aromatic carbocycles. The molecule has 33 heavy (non-hydrogen) atoms. The van der Waals surface area contributed by atoms with Crippen LogP contribution in [0.5, 0.6) is 0 Å². The number of nitrogens with one attached hydrogen (secondary N) is 2. The fourth-order valence-corrected chi connectivity index (χ4v) is 4.71. The molecule has 1 saturated carbocycles. The van der Waals surface area contributed by atoms with Crippen LogP contribution in [0.15, 0.2) is 30.3 Å². The highest BCUT2D eigenvalue weighted by Gasteiger charge is 2.46. The summed E-state index contributed by atoms with van der Waals surface area (Å²) in [6.07, 6.45) is 6.52. The van der Waals surface area contributed by atoms with Crippen molar-refractivity contribution in [1.82, 2.24) is 25.3 Å². The third-order valence-electron chi connectivity index (χ3n) is 6.81. The van der Waals surface area contributed by atoms with Crippen LogP contribution < -0.4 is 10.6 Å². The first-order chi connectivity index (χ1) is 15.8. The molecule has 1 atom stereocenters. The van der Waals surface area contributed by atoms with E-state index in [4.69, 9.17) is 11.6 Å². The zero-order valence-electron chi connectivity index (χ0n) is 19.1. The molecule has 4 rings (SSSR count). The molecule has 0 unspecified atom stereocenters. The number of halogens is 1. The summed E-state index contributed by atoms with van der Waals surface area (Å²) in [5, 5.41) is 10.9. The lowest BCUT2D eigenvalue weighted by Crippen LogP contribution is -2.63. The Labute approximate surface area is 198 Å². The monoisotopic (exact) mass is 471 g/mol. The van der Waals surface area contributed by atoms with E-state index in [0.717, 1.165) is 31.2 Å². The summed E-state index contributed by atoms with van der Waals surface area (Å²) in [5.41, 5.74) is 0.121. The van der Waals surface area contributed by atoms with E-state index in [-0.39, 0.29) is 36.6 Å². The molecule has 2 aliphatic rings. The number of benzene rings is 1. The largest absolute Gasteiger partial charge is 0.351 e. The summed E-state index contributed by atoms with van der Waals surface area (Å²) in [4.78, 5) is 40.5. The summed E-state index contributed by atoms with van der Waals surface area (Å²) in [5.74, 6) is -0.926. The molecule has 2 heterocycles. The maximum atomic E-state index is 13.3. The van der Waals surface area contributed by atoms with Gasteiger partial charge in [0.05, 0.1) is 6.54 Å². The van der Waals surface area contributed by atoms with E-state index in [1.165, 1.54) is 28.5 Å². The molecule has 9 heteroatoms. The van der Waals surface area contributed by atoms with Gasteiger partial charge in [0.2, 0.25) is 5.91 Å². The van der Waals surface area contributed by atoms with Gasteiger partial charge in [-0.3, -0.25) is 19.1 Å². The van der Waals surface area contributed by atoms with Crippen LogP contribution in [0, 0.1) is 0 Å². The number of hydrogen-bond donors (Lipinski definition) is 2. The molecule has 2 N–H and O–H groups in total.